The number of hydrogen-bond donors (Lipinski definition) is 0. The summed E-state index contributed by atoms with van der Waals surface area (Å²) in [5, 5.41) is 0. The summed E-state index contributed by atoms with van der Waals surface area (Å²) in [6.07, 6.45) is 10.0. The van der Waals surface area contributed by atoms with Gasteiger partial charge in [0.25, 0.3) is 0 Å². The van der Waals surface area contributed by atoms with Gasteiger partial charge >= 0.3 is 0 Å². The average Bonchev–Trinajstić information content (AvgIpc) is 2.14. The van der Waals surface area contributed by atoms with Crippen LogP contribution in [0.15, 0.2) is 24.5 Å². The van der Waals surface area contributed by atoms with Gasteiger partial charge in [-0.1, -0.05) is 12.2 Å². The standard InChI is InChI=1S/C10H16O2/c1-2-3-4-8-12-10-6-5-7-11-9-10/h2-4,8,10H,5-7,9H2,1H3. The maximum Gasteiger partial charge on any atom is 0.121 e. The predicted molar refractivity (Wildman–Crippen MR) is 48.9 cm³/mol. The quantitative estimate of drug-likeness (QED) is 0.475. The smallest absolute Gasteiger partial charge is 0.121 e. The Morgan fingerprint density at radius 3 is 3.00 bits per heavy atom. The third kappa shape index (κ3) is 3.58. The third-order valence-electron chi connectivity index (χ3n) is 1.77. The Morgan fingerprint density at radius 1 is 1.42 bits per heavy atom. The van der Waals surface area contributed by atoms with Crippen LogP contribution in [0.1, 0.15) is 19.8 Å². The summed E-state index contributed by atoms with van der Waals surface area (Å²) in [5.41, 5.74) is 0. The van der Waals surface area contributed by atoms with Crippen molar-refractivity contribution in [3.63, 3.8) is 0 Å². The van der Waals surface area contributed by atoms with Crippen molar-refractivity contribution < 1.29 is 9.47 Å². The van der Waals surface area contributed by atoms with Crippen LogP contribution in [0, 0.1) is 0 Å². The highest BCUT2D eigenvalue weighted by atomic mass is 16.5. The van der Waals surface area contributed by atoms with Crippen molar-refractivity contribution in [3.8, 4) is 0 Å². The molecular formula is C10H16O2. The first-order valence-electron chi connectivity index (χ1n) is 4.44. The third-order valence-corrected chi connectivity index (χ3v) is 1.77. The van der Waals surface area contributed by atoms with Crippen LogP contribution >= 0.6 is 0 Å². The molecule has 1 aliphatic heterocycles. The topological polar surface area (TPSA) is 18.5 Å². The zero-order valence-corrected chi connectivity index (χ0v) is 7.53. The molecular weight excluding hydrogens is 152 g/mol. The number of hydrogen-bond acceptors (Lipinski definition) is 2. The van der Waals surface area contributed by atoms with Crippen LogP contribution in [0.25, 0.3) is 0 Å². The Hall–Kier alpha value is -0.760. The highest BCUT2D eigenvalue weighted by Gasteiger charge is 2.12. The molecule has 1 aliphatic rings. The van der Waals surface area contributed by atoms with Gasteiger partial charge in [0.1, 0.15) is 6.10 Å². The van der Waals surface area contributed by atoms with Crippen molar-refractivity contribution in [1.82, 2.24) is 0 Å². The van der Waals surface area contributed by atoms with E-state index in [1.54, 1.807) is 6.26 Å². The molecule has 2 heteroatoms. The zero-order chi connectivity index (χ0) is 8.65. The number of ether oxygens (including phenoxy) is 2. The Labute approximate surface area is 73.9 Å². The average molecular weight is 168 g/mol. The fourth-order valence-corrected chi connectivity index (χ4v) is 1.13. The fourth-order valence-electron chi connectivity index (χ4n) is 1.13. The molecule has 1 atom stereocenters. The van der Waals surface area contributed by atoms with E-state index in [1.807, 2.05) is 25.2 Å². The number of allylic oxidation sites excluding steroid dienone is 3. The lowest BCUT2D eigenvalue weighted by Gasteiger charge is -2.21. The van der Waals surface area contributed by atoms with Crippen LogP contribution in [-0.2, 0) is 9.47 Å². The van der Waals surface area contributed by atoms with Gasteiger partial charge in [0.15, 0.2) is 0 Å². The lowest BCUT2D eigenvalue weighted by molar-refractivity contribution is -0.0131. The van der Waals surface area contributed by atoms with Crippen molar-refractivity contribution in [1.29, 1.82) is 0 Å². The number of rotatable bonds is 3. The van der Waals surface area contributed by atoms with E-state index in [0.29, 0.717) is 0 Å². The summed E-state index contributed by atoms with van der Waals surface area (Å²) in [7, 11) is 0. The van der Waals surface area contributed by atoms with E-state index in [2.05, 4.69) is 0 Å². The zero-order valence-electron chi connectivity index (χ0n) is 7.53. The Balaban J connectivity index is 2.12. The molecule has 68 valence electrons. The second-order valence-electron chi connectivity index (χ2n) is 2.83. The first kappa shape index (κ1) is 9.33. The Kier molecular flexibility index (Phi) is 4.54. The molecule has 0 amide bonds. The van der Waals surface area contributed by atoms with Gasteiger partial charge in [0.2, 0.25) is 0 Å². The van der Waals surface area contributed by atoms with Crippen molar-refractivity contribution in [2.45, 2.75) is 25.9 Å². The van der Waals surface area contributed by atoms with E-state index >= 15 is 0 Å². The van der Waals surface area contributed by atoms with Crippen LogP contribution in [-0.4, -0.2) is 19.3 Å². The van der Waals surface area contributed by atoms with Gasteiger partial charge in [-0.05, 0) is 25.8 Å². The molecule has 0 N–H and O–H groups in total. The maximum absolute atomic E-state index is 5.43. The van der Waals surface area contributed by atoms with E-state index in [4.69, 9.17) is 9.47 Å². The molecule has 2 nitrogen and oxygen atoms in total. The summed E-state index contributed by atoms with van der Waals surface area (Å²) < 4.78 is 10.7. The van der Waals surface area contributed by atoms with Crippen LogP contribution in [0.3, 0.4) is 0 Å². The molecule has 0 aromatic rings. The normalized spacial score (nSPS) is 25.2. The molecule has 0 aliphatic carbocycles. The Morgan fingerprint density at radius 2 is 2.33 bits per heavy atom. The van der Waals surface area contributed by atoms with Gasteiger partial charge in [-0.15, -0.1) is 0 Å². The molecule has 1 heterocycles. The van der Waals surface area contributed by atoms with Crippen LogP contribution in [0.4, 0.5) is 0 Å². The molecule has 1 unspecified atom stereocenters. The summed E-state index contributed by atoms with van der Waals surface area (Å²) >= 11 is 0. The molecule has 1 rings (SSSR count). The summed E-state index contributed by atoms with van der Waals surface area (Å²) in [4.78, 5) is 0. The molecule has 0 saturated carbocycles. The lowest BCUT2D eigenvalue weighted by atomic mass is 10.2. The fraction of sp³-hybridized carbons (Fsp3) is 0.600. The maximum atomic E-state index is 5.43. The van der Waals surface area contributed by atoms with E-state index in [9.17, 15) is 0 Å². The molecule has 0 spiro atoms. The SMILES string of the molecule is CC=CC=COC1CCCOC1. The van der Waals surface area contributed by atoms with Gasteiger partial charge in [-0.25, -0.2) is 0 Å². The minimum atomic E-state index is 0.264. The Bertz CT molecular complexity index is 155. The molecule has 1 saturated heterocycles. The minimum absolute atomic E-state index is 0.264. The minimum Gasteiger partial charge on any atom is -0.496 e. The van der Waals surface area contributed by atoms with E-state index in [0.717, 1.165) is 26.1 Å². The first-order valence-corrected chi connectivity index (χ1v) is 4.44. The van der Waals surface area contributed by atoms with E-state index < -0.39 is 0 Å². The second kappa shape index (κ2) is 5.84. The van der Waals surface area contributed by atoms with E-state index in [1.165, 1.54) is 0 Å². The summed E-state index contributed by atoms with van der Waals surface area (Å²) in [6.45, 7) is 3.60. The molecule has 0 aromatic heterocycles. The van der Waals surface area contributed by atoms with Gasteiger partial charge < -0.3 is 9.47 Å². The first-order chi connectivity index (χ1) is 5.93. The predicted octanol–water partition coefficient (Wildman–Crippen LogP) is 2.27. The van der Waals surface area contributed by atoms with Crippen LogP contribution in [0.2, 0.25) is 0 Å². The van der Waals surface area contributed by atoms with Crippen molar-refractivity contribution in [2.75, 3.05) is 13.2 Å². The van der Waals surface area contributed by atoms with Crippen molar-refractivity contribution >= 4 is 0 Å². The largest absolute Gasteiger partial charge is 0.496 e. The molecule has 12 heavy (non-hydrogen) atoms. The van der Waals surface area contributed by atoms with Crippen LogP contribution in [0.5, 0.6) is 0 Å². The molecule has 0 bridgehead atoms. The second-order valence-corrected chi connectivity index (χ2v) is 2.83. The van der Waals surface area contributed by atoms with Gasteiger partial charge in [-0.3, -0.25) is 0 Å². The van der Waals surface area contributed by atoms with Crippen LogP contribution < -0.4 is 0 Å². The summed E-state index contributed by atoms with van der Waals surface area (Å²) in [6, 6.07) is 0. The van der Waals surface area contributed by atoms with Gasteiger partial charge in [-0.2, -0.15) is 0 Å². The highest BCUT2D eigenvalue weighted by molar-refractivity contribution is 4.98. The van der Waals surface area contributed by atoms with Crippen molar-refractivity contribution in [3.05, 3.63) is 24.5 Å². The van der Waals surface area contributed by atoms with Gasteiger partial charge in [0, 0.05) is 6.61 Å². The summed E-state index contributed by atoms with van der Waals surface area (Å²) in [5.74, 6) is 0. The van der Waals surface area contributed by atoms with Crippen molar-refractivity contribution in [2.24, 2.45) is 0 Å². The monoisotopic (exact) mass is 168 g/mol. The highest BCUT2D eigenvalue weighted by Crippen LogP contribution is 2.09. The molecule has 1 fully saturated rings. The molecule has 0 radical (unpaired) electrons. The van der Waals surface area contributed by atoms with Gasteiger partial charge in [0.05, 0.1) is 12.9 Å². The molecule has 0 aromatic carbocycles. The lowest BCUT2D eigenvalue weighted by Crippen LogP contribution is -2.23. The van der Waals surface area contributed by atoms with E-state index in [-0.39, 0.29) is 6.10 Å².